The van der Waals surface area contributed by atoms with Gasteiger partial charge in [0, 0.05) is 43.1 Å². The fraction of sp³-hybridized carbons (Fsp3) is 0.421. The molecular weight excluding hydrogens is 519 g/mol. The number of fused-ring (bicyclic) bond motifs is 1. The van der Waals surface area contributed by atoms with Crippen molar-refractivity contribution in [1.29, 1.82) is 0 Å². The Morgan fingerprint density at radius 1 is 1.37 bits per heavy atom. The summed E-state index contributed by atoms with van der Waals surface area (Å²) in [5.74, 6) is 3.70. The first-order valence-electron chi connectivity index (χ1n) is 9.57. The van der Waals surface area contributed by atoms with Crippen LogP contribution in [-0.2, 0) is 19.4 Å². The predicted molar refractivity (Wildman–Crippen MR) is 125 cm³/mol. The molecule has 0 saturated carbocycles. The summed E-state index contributed by atoms with van der Waals surface area (Å²) in [7, 11) is 1.76. The smallest absolute Gasteiger partial charge is 0.228 e. The van der Waals surface area contributed by atoms with Crippen LogP contribution in [0.4, 0.5) is 0 Å². The van der Waals surface area contributed by atoms with Gasteiger partial charge in [0.25, 0.3) is 0 Å². The van der Waals surface area contributed by atoms with Crippen LogP contribution in [0.25, 0.3) is 11.4 Å². The van der Waals surface area contributed by atoms with Crippen molar-refractivity contribution < 1.29 is 4.52 Å². The maximum absolute atomic E-state index is 6.02. The molecule has 0 aliphatic carbocycles. The normalized spacial score (nSPS) is 16.0. The first-order chi connectivity index (χ1) is 14.1. The minimum absolute atomic E-state index is 0. The second-order valence-electron chi connectivity index (χ2n) is 6.91. The molecule has 11 heteroatoms. The minimum Gasteiger partial charge on any atom is -0.356 e. The van der Waals surface area contributed by atoms with Gasteiger partial charge in [0.15, 0.2) is 5.96 Å². The highest BCUT2D eigenvalue weighted by Gasteiger charge is 2.21. The van der Waals surface area contributed by atoms with Gasteiger partial charge in [-0.05, 0) is 25.5 Å². The van der Waals surface area contributed by atoms with Crippen LogP contribution in [0.1, 0.15) is 24.0 Å². The third-order valence-corrected chi connectivity index (χ3v) is 4.95. The summed E-state index contributed by atoms with van der Waals surface area (Å²) >= 11 is 6.02. The van der Waals surface area contributed by atoms with E-state index < -0.39 is 0 Å². The molecule has 3 heterocycles. The summed E-state index contributed by atoms with van der Waals surface area (Å²) in [5.41, 5.74) is 0.831. The molecule has 9 nitrogen and oxygen atoms in total. The molecule has 1 aliphatic rings. The summed E-state index contributed by atoms with van der Waals surface area (Å²) in [6, 6.07) is 7.64. The molecule has 0 amide bonds. The Morgan fingerprint density at radius 2 is 2.23 bits per heavy atom. The van der Waals surface area contributed by atoms with E-state index in [4.69, 9.17) is 16.1 Å². The van der Waals surface area contributed by atoms with E-state index in [1.54, 1.807) is 7.05 Å². The van der Waals surface area contributed by atoms with Gasteiger partial charge in [-0.25, -0.2) is 9.67 Å². The van der Waals surface area contributed by atoms with Gasteiger partial charge in [0.2, 0.25) is 11.7 Å². The SMILES string of the molecule is CN=C(NCCc1nc(-c2cccc(Cl)c2)no1)NC1CCc2nc(C)nn2C1.I. The second-order valence-corrected chi connectivity index (χ2v) is 7.34. The highest BCUT2D eigenvalue weighted by Crippen LogP contribution is 2.20. The summed E-state index contributed by atoms with van der Waals surface area (Å²) in [4.78, 5) is 13.2. The predicted octanol–water partition coefficient (Wildman–Crippen LogP) is 2.63. The zero-order chi connectivity index (χ0) is 20.2. The molecule has 0 radical (unpaired) electrons. The Bertz CT molecular complexity index is 1020. The van der Waals surface area contributed by atoms with E-state index in [0.717, 1.165) is 42.6 Å². The maximum Gasteiger partial charge on any atom is 0.228 e. The fourth-order valence-electron chi connectivity index (χ4n) is 3.33. The van der Waals surface area contributed by atoms with Crippen LogP contribution in [0.15, 0.2) is 33.8 Å². The molecule has 3 aromatic rings. The lowest BCUT2D eigenvalue weighted by Crippen LogP contribution is -2.47. The molecule has 2 N–H and O–H groups in total. The van der Waals surface area contributed by atoms with Crippen LogP contribution in [0.3, 0.4) is 0 Å². The monoisotopic (exact) mass is 542 g/mol. The van der Waals surface area contributed by atoms with Crippen molar-refractivity contribution in [2.45, 2.75) is 38.8 Å². The van der Waals surface area contributed by atoms with Crippen LogP contribution < -0.4 is 10.6 Å². The molecule has 0 spiro atoms. The molecule has 4 rings (SSSR count). The highest BCUT2D eigenvalue weighted by molar-refractivity contribution is 14.0. The van der Waals surface area contributed by atoms with Gasteiger partial charge in [-0.1, -0.05) is 28.9 Å². The van der Waals surface area contributed by atoms with Crippen molar-refractivity contribution >= 4 is 41.5 Å². The lowest BCUT2D eigenvalue weighted by Gasteiger charge is -2.25. The van der Waals surface area contributed by atoms with E-state index in [2.05, 4.69) is 35.8 Å². The van der Waals surface area contributed by atoms with Crippen molar-refractivity contribution in [3.05, 3.63) is 46.8 Å². The number of nitrogens with one attached hydrogen (secondary N) is 2. The molecule has 0 bridgehead atoms. The number of hydrogen-bond acceptors (Lipinski definition) is 6. The zero-order valence-electron chi connectivity index (χ0n) is 16.8. The molecule has 0 saturated heterocycles. The number of aryl methyl sites for hydroxylation is 2. The average Bonchev–Trinajstić information content (AvgIpc) is 3.32. The summed E-state index contributed by atoms with van der Waals surface area (Å²) in [6.45, 7) is 3.32. The third kappa shape index (κ3) is 5.48. The van der Waals surface area contributed by atoms with E-state index >= 15 is 0 Å². The molecule has 1 unspecified atom stereocenters. The Labute approximate surface area is 196 Å². The van der Waals surface area contributed by atoms with Crippen molar-refractivity contribution in [3.8, 4) is 11.4 Å². The van der Waals surface area contributed by atoms with Gasteiger partial charge < -0.3 is 15.2 Å². The van der Waals surface area contributed by atoms with Gasteiger partial charge in [0.05, 0.1) is 6.54 Å². The van der Waals surface area contributed by atoms with Gasteiger partial charge in [0.1, 0.15) is 11.6 Å². The molecule has 30 heavy (non-hydrogen) atoms. The summed E-state index contributed by atoms with van der Waals surface area (Å²) in [6.07, 6.45) is 2.49. The Kier molecular flexibility index (Phi) is 7.64. The zero-order valence-corrected chi connectivity index (χ0v) is 19.9. The molecule has 1 aliphatic heterocycles. The van der Waals surface area contributed by atoms with Crippen LogP contribution in [0, 0.1) is 6.92 Å². The molecule has 2 aromatic heterocycles. The van der Waals surface area contributed by atoms with Gasteiger partial charge in [-0.3, -0.25) is 4.99 Å². The van der Waals surface area contributed by atoms with E-state index in [0.29, 0.717) is 29.7 Å². The lowest BCUT2D eigenvalue weighted by molar-refractivity contribution is 0.377. The number of aromatic nitrogens is 5. The van der Waals surface area contributed by atoms with Gasteiger partial charge in [-0.2, -0.15) is 10.1 Å². The first kappa shape index (κ1) is 22.5. The lowest BCUT2D eigenvalue weighted by atomic mass is 10.1. The van der Waals surface area contributed by atoms with Gasteiger partial charge in [-0.15, -0.1) is 24.0 Å². The molecule has 0 fully saturated rings. The van der Waals surface area contributed by atoms with Crippen molar-refractivity contribution in [3.63, 3.8) is 0 Å². The van der Waals surface area contributed by atoms with Crippen LogP contribution in [-0.4, -0.2) is 50.5 Å². The van der Waals surface area contributed by atoms with E-state index in [-0.39, 0.29) is 30.0 Å². The standard InChI is InChI=1S/C19H23ClN8O.HI/c1-12-23-16-7-6-15(11-28(16)26-12)24-19(21-2)22-9-8-17-25-18(27-29-17)13-4-3-5-14(20)10-13;/h3-5,10,15H,6-9,11H2,1-2H3,(H2,21,22,24);1H. The van der Waals surface area contributed by atoms with E-state index in [1.165, 1.54) is 0 Å². The number of benzene rings is 1. The number of guanidine groups is 1. The number of hydrogen-bond donors (Lipinski definition) is 2. The number of rotatable bonds is 5. The Hall–Kier alpha value is -2.21. The molecule has 1 atom stereocenters. The summed E-state index contributed by atoms with van der Waals surface area (Å²) < 4.78 is 7.31. The molecular formula is C19H24ClIN8O. The molecule has 160 valence electrons. The Balaban J connectivity index is 0.00000256. The number of aliphatic imine (C=N–C) groups is 1. The van der Waals surface area contributed by atoms with Gasteiger partial charge >= 0.3 is 0 Å². The highest BCUT2D eigenvalue weighted by atomic mass is 127. The largest absolute Gasteiger partial charge is 0.356 e. The van der Waals surface area contributed by atoms with Crippen molar-refractivity contribution in [2.24, 2.45) is 4.99 Å². The summed E-state index contributed by atoms with van der Waals surface area (Å²) in [5, 5.41) is 15.9. The quantitative estimate of drug-likeness (QED) is 0.290. The third-order valence-electron chi connectivity index (χ3n) is 4.71. The van der Waals surface area contributed by atoms with Crippen molar-refractivity contribution in [1.82, 2.24) is 35.5 Å². The minimum atomic E-state index is 0. The van der Waals surface area contributed by atoms with Crippen molar-refractivity contribution in [2.75, 3.05) is 13.6 Å². The van der Waals surface area contributed by atoms with Crippen LogP contribution >= 0.6 is 35.6 Å². The van der Waals surface area contributed by atoms with Crippen LogP contribution in [0.5, 0.6) is 0 Å². The first-order valence-corrected chi connectivity index (χ1v) is 9.94. The molecule has 1 aromatic carbocycles. The number of nitrogens with zero attached hydrogens (tertiary/aromatic N) is 6. The maximum atomic E-state index is 6.02. The van der Waals surface area contributed by atoms with E-state index in [1.807, 2.05) is 35.9 Å². The topological polar surface area (TPSA) is 106 Å². The fourth-order valence-corrected chi connectivity index (χ4v) is 3.52. The van der Waals surface area contributed by atoms with Crippen LogP contribution in [0.2, 0.25) is 5.02 Å². The average molecular weight is 543 g/mol. The van der Waals surface area contributed by atoms with E-state index in [9.17, 15) is 0 Å². The second kappa shape index (κ2) is 10.2. The Morgan fingerprint density at radius 3 is 3.03 bits per heavy atom. The number of halogens is 2.